The maximum absolute atomic E-state index is 12.4. The number of likely N-dealkylation sites (tertiary alicyclic amines) is 1. The number of amides is 1. The highest BCUT2D eigenvalue weighted by atomic mass is 32.1. The van der Waals surface area contributed by atoms with E-state index in [1.54, 1.807) is 4.90 Å². The van der Waals surface area contributed by atoms with Crippen molar-refractivity contribution in [1.82, 2.24) is 4.90 Å². The van der Waals surface area contributed by atoms with Gasteiger partial charge in [0, 0.05) is 18.0 Å². The fraction of sp³-hybridized carbons (Fsp3) is 0.600. The minimum Gasteiger partial charge on any atom is -0.481 e. The summed E-state index contributed by atoms with van der Waals surface area (Å²) >= 11 is 1.54. The van der Waals surface area contributed by atoms with Crippen LogP contribution in [0.5, 0.6) is 0 Å². The van der Waals surface area contributed by atoms with Crippen molar-refractivity contribution >= 4 is 23.2 Å². The maximum Gasteiger partial charge on any atom is 0.309 e. The second-order valence-electron chi connectivity index (χ2n) is 5.35. The lowest BCUT2D eigenvalue weighted by molar-refractivity contribution is -0.152. The van der Waals surface area contributed by atoms with Gasteiger partial charge in [0.2, 0.25) is 0 Å². The first-order valence-electron chi connectivity index (χ1n) is 7.14. The molecule has 1 N–H and O–H groups in total. The number of aryl methyl sites for hydroxylation is 1. The number of aliphatic carboxylic acids is 1. The zero-order chi connectivity index (χ0) is 14.8. The number of nitrogens with zero attached hydrogens (tertiary/aromatic N) is 1. The summed E-state index contributed by atoms with van der Waals surface area (Å²) in [5.41, 5.74) is -0.638. The van der Waals surface area contributed by atoms with Gasteiger partial charge in [-0.15, -0.1) is 11.3 Å². The lowest BCUT2D eigenvalue weighted by atomic mass is 9.76. The van der Waals surface area contributed by atoms with Gasteiger partial charge in [0.05, 0.1) is 10.3 Å². The van der Waals surface area contributed by atoms with Crippen molar-refractivity contribution in [3.8, 4) is 0 Å². The van der Waals surface area contributed by atoms with Gasteiger partial charge in [0.1, 0.15) is 0 Å². The van der Waals surface area contributed by atoms with E-state index in [-0.39, 0.29) is 5.91 Å². The van der Waals surface area contributed by atoms with Gasteiger partial charge >= 0.3 is 5.97 Å². The van der Waals surface area contributed by atoms with Gasteiger partial charge in [0.15, 0.2) is 0 Å². The van der Waals surface area contributed by atoms with Crippen molar-refractivity contribution in [3.63, 3.8) is 0 Å². The van der Waals surface area contributed by atoms with Gasteiger partial charge in [0.25, 0.3) is 5.91 Å². The van der Waals surface area contributed by atoms with E-state index in [1.165, 1.54) is 16.2 Å². The van der Waals surface area contributed by atoms with Crippen molar-refractivity contribution in [2.45, 2.75) is 39.5 Å². The molecule has 1 fully saturated rings. The summed E-state index contributed by atoms with van der Waals surface area (Å²) in [5, 5.41) is 9.36. The van der Waals surface area contributed by atoms with Gasteiger partial charge in [-0.25, -0.2) is 0 Å². The zero-order valence-electron chi connectivity index (χ0n) is 12.0. The van der Waals surface area contributed by atoms with Crippen LogP contribution >= 0.6 is 11.3 Å². The molecule has 1 saturated heterocycles. The average Bonchev–Trinajstić information content (AvgIpc) is 2.95. The standard InChI is InChI=1S/C15H21NO3S/c1-3-11-5-6-12(20-11)13(17)16-9-7-15(4-2,8-10-16)14(18)19/h5-6H,3-4,7-10H2,1-2H3,(H,18,19). The molecule has 0 aromatic carbocycles. The Morgan fingerprint density at radius 1 is 1.30 bits per heavy atom. The lowest BCUT2D eigenvalue weighted by Gasteiger charge is -2.38. The number of rotatable bonds is 4. The molecule has 0 unspecified atom stereocenters. The third kappa shape index (κ3) is 2.73. The van der Waals surface area contributed by atoms with Gasteiger partial charge < -0.3 is 10.0 Å². The van der Waals surface area contributed by atoms with Crippen LogP contribution in [-0.2, 0) is 11.2 Å². The summed E-state index contributed by atoms with van der Waals surface area (Å²) in [5.74, 6) is -0.679. The summed E-state index contributed by atoms with van der Waals surface area (Å²) in [7, 11) is 0. The Balaban J connectivity index is 2.03. The molecular formula is C15H21NO3S. The molecule has 1 amide bonds. The molecule has 2 rings (SSSR count). The Labute approximate surface area is 123 Å². The minimum atomic E-state index is -0.725. The van der Waals surface area contributed by atoms with E-state index in [2.05, 4.69) is 6.92 Å². The van der Waals surface area contributed by atoms with E-state index >= 15 is 0 Å². The number of carboxylic acid groups (broad SMARTS) is 1. The first kappa shape index (κ1) is 15.0. The molecule has 1 aromatic heterocycles. The molecular weight excluding hydrogens is 274 g/mol. The molecule has 1 aliphatic rings. The Morgan fingerprint density at radius 3 is 2.40 bits per heavy atom. The molecule has 0 saturated carbocycles. The number of hydrogen-bond donors (Lipinski definition) is 1. The molecule has 0 atom stereocenters. The summed E-state index contributed by atoms with van der Waals surface area (Å²) in [6, 6.07) is 3.88. The Kier molecular flexibility index (Phi) is 4.48. The van der Waals surface area contributed by atoms with E-state index in [4.69, 9.17) is 0 Å². The van der Waals surface area contributed by atoms with Crippen molar-refractivity contribution in [2.75, 3.05) is 13.1 Å². The number of thiophene rings is 1. The molecule has 2 heterocycles. The average molecular weight is 295 g/mol. The molecule has 1 aliphatic heterocycles. The van der Waals surface area contributed by atoms with Crippen LogP contribution in [0.4, 0.5) is 0 Å². The normalized spacial score (nSPS) is 18.0. The third-order valence-corrected chi connectivity index (χ3v) is 5.58. The van der Waals surface area contributed by atoms with Crippen molar-refractivity contribution in [2.24, 2.45) is 5.41 Å². The van der Waals surface area contributed by atoms with Crippen molar-refractivity contribution in [1.29, 1.82) is 0 Å². The highest BCUT2D eigenvalue weighted by molar-refractivity contribution is 7.14. The Hall–Kier alpha value is -1.36. The van der Waals surface area contributed by atoms with Crippen molar-refractivity contribution < 1.29 is 14.7 Å². The molecule has 0 aliphatic carbocycles. The summed E-state index contributed by atoms with van der Waals surface area (Å²) in [6.45, 7) is 5.07. The Morgan fingerprint density at radius 2 is 1.95 bits per heavy atom. The van der Waals surface area contributed by atoms with Crippen LogP contribution in [0.1, 0.15) is 47.7 Å². The molecule has 20 heavy (non-hydrogen) atoms. The monoisotopic (exact) mass is 295 g/mol. The molecule has 0 bridgehead atoms. The van der Waals surface area contributed by atoms with Gasteiger partial charge in [-0.3, -0.25) is 9.59 Å². The fourth-order valence-electron chi connectivity index (χ4n) is 2.70. The Bertz CT molecular complexity index is 501. The quantitative estimate of drug-likeness (QED) is 0.929. The highest BCUT2D eigenvalue weighted by Gasteiger charge is 2.40. The number of carbonyl (C=O) groups excluding carboxylic acids is 1. The van der Waals surface area contributed by atoms with Crippen LogP contribution in [0.25, 0.3) is 0 Å². The fourth-order valence-corrected chi connectivity index (χ4v) is 3.61. The maximum atomic E-state index is 12.4. The third-order valence-electron chi connectivity index (χ3n) is 4.36. The van der Waals surface area contributed by atoms with E-state index < -0.39 is 11.4 Å². The predicted octanol–water partition coefficient (Wildman–Crippen LogP) is 3.03. The van der Waals surface area contributed by atoms with Crippen LogP contribution in [0.2, 0.25) is 0 Å². The smallest absolute Gasteiger partial charge is 0.309 e. The van der Waals surface area contributed by atoms with Crippen LogP contribution in [0.15, 0.2) is 12.1 Å². The molecule has 0 spiro atoms. The van der Waals surface area contributed by atoms with E-state index in [1.807, 2.05) is 19.1 Å². The number of carboxylic acids is 1. The lowest BCUT2D eigenvalue weighted by Crippen LogP contribution is -2.46. The van der Waals surface area contributed by atoms with E-state index in [0.717, 1.165) is 11.3 Å². The zero-order valence-corrected chi connectivity index (χ0v) is 12.8. The van der Waals surface area contributed by atoms with E-state index in [0.29, 0.717) is 32.4 Å². The first-order valence-corrected chi connectivity index (χ1v) is 7.95. The SMILES string of the molecule is CCc1ccc(C(=O)N2CCC(CC)(C(=O)O)CC2)s1. The van der Waals surface area contributed by atoms with Crippen LogP contribution < -0.4 is 0 Å². The molecule has 1 aromatic rings. The molecule has 4 nitrogen and oxygen atoms in total. The van der Waals surface area contributed by atoms with Gasteiger partial charge in [-0.1, -0.05) is 13.8 Å². The van der Waals surface area contributed by atoms with Gasteiger partial charge in [-0.2, -0.15) is 0 Å². The van der Waals surface area contributed by atoms with Crippen molar-refractivity contribution in [3.05, 3.63) is 21.9 Å². The van der Waals surface area contributed by atoms with Crippen LogP contribution in [-0.4, -0.2) is 35.0 Å². The second-order valence-corrected chi connectivity index (χ2v) is 6.52. The van der Waals surface area contributed by atoms with E-state index in [9.17, 15) is 14.7 Å². The minimum absolute atomic E-state index is 0.0461. The topological polar surface area (TPSA) is 57.6 Å². The summed E-state index contributed by atoms with van der Waals surface area (Å²) < 4.78 is 0. The second kappa shape index (κ2) is 5.95. The molecule has 0 radical (unpaired) electrons. The van der Waals surface area contributed by atoms with Gasteiger partial charge in [-0.05, 0) is 37.8 Å². The predicted molar refractivity (Wildman–Crippen MR) is 79.2 cm³/mol. The van der Waals surface area contributed by atoms with Crippen LogP contribution in [0.3, 0.4) is 0 Å². The summed E-state index contributed by atoms with van der Waals surface area (Å²) in [6.07, 6.45) is 2.67. The molecule has 110 valence electrons. The number of carbonyl (C=O) groups is 2. The van der Waals surface area contributed by atoms with Crippen LogP contribution in [0, 0.1) is 5.41 Å². The number of hydrogen-bond acceptors (Lipinski definition) is 3. The summed E-state index contributed by atoms with van der Waals surface area (Å²) in [4.78, 5) is 27.5. The largest absolute Gasteiger partial charge is 0.481 e. The highest BCUT2D eigenvalue weighted by Crippen LogP contribution is 2.35. The first-order chi connectivity index (χ1) is 9.52. The number of piperidine rings is 1. The molecule has 5 heteroatoms.